The number of nitrogens with zero attached hydrogens (tertiary/aromatic N) is 2. The van der Waals surface area contributed by atoms with Crippen molar-refractivity contribution in [1.29, 1.82) is 0 Å². The molecule has 0 bridgehead atoms. The molecule has 0 aliphatic carbocycles. The number of hydrogen-bond acceptors (Lipinski definition) is 3. The zero-order valence-electron chi connectivity index (χ0n) is 11.9. The van der Waals surface area contributed by atoms with Gasteiger partial charge in [-0.2, -0.15) is 0 Å². The first-order valence-electron chi connectivity index (χ1n) is 6.69. The zero-order valence-corrected chi connectivity index (χ0v) is 11.9. The first kappa shape index (κ1) is 13.6. The monoisotopic (exact) mass is 258 g/mol. The van der Waals surface area contributed by atoms with Crippen LogP contribution in [0, 0.1) is 0 Å². The average molecular weight is 258 g/mol. The molecule has 0 amide bonds. The van der Waals surface area contributed by atoms with Crippen LogP contribution in [0.3, 0.4) is 0 Å². The Kier molecular flexibility index (Phi) is 4.58. The second-order valence-corrected chi connectivity index (χ2v) is 4.88. The number of H-pyrrole nitrogens is 1. The molecule has 0 saturated heterocycles. The number of aromatic nitrogens is 2. The molecule has 0 spiro atoms. The van der Waals surface area contributed by atoms with E-state index in [-0.39, 0.29) is 6.04 Å². The van der Waals surface area contributed by atoms with Crippen LogP contribution in [0.5, 0.6) is 0 Å². The first-order valence-corrected chi connectivity index (χ1v) is 6.69. The highest BCUT2D eigenvalue weighted by Crippen LogP contribution is 2.15. The molecule has 2 N–H and O–H groups in total. The molecule has 4 heteroatoms. The summed E-state index contributed by atoms with van der Waals surface area (Å²) in [7, 11) is 4.11. The highest BCUT2D eigenvalue weighted by Gasteiger charge is 2.10. The Bertz CT molecular complexity index is 473. The Labute approximate surface area is 114 Å². The summed E-state index contributed by atoms with van der Waals surface area (Å²) in [5.41, 5.74) is 2.51. The minimum Gasteiger partial charge on any atom is -0.378 e. The molecule has 2 aromatic rings. The van der Waals surface area contributed by atoms with Gasteiger partial charge in [0.2, 0.25) is 0 Å². The molecule has 1 atom stereocenters. The molecule has 4 nitrogen and oxygen atoms in total. The minimum atomic E-state index is 0.281. The second-order valence-electron chi connectivity index (χ2n) is 4.88. The maximum atomic E-state index is 4.31. The summed E-state index contributed by atoms with van der Waals surface area (Å²) < 4.78 is 0. The molecule has 1 aromatic heterocycles. The largest absolute Gasteiger partial charge is 0.378 e. The number of rotatable bonds is 6. The van der Waals surface area contributed by atoms with Crippen molar-refractivity contribution in [2.45, 2.75) is 25.9 Å². The van der Waals surface area contributed by atoms with Crippen molar-refractivity contribution in [1.82, 2.24) is 15.3 Å². The van der Waals surface area contributed by atoms with E-state index in [1.54, 1.807) is 6.20 Å². The van der Waals surface area contributed by atoms with Gasteiger partial charge in [0.15, 0.2) is 0 Å². The van der Waals surface area contributed by atoms with Crippen molar-refractivity contribution < 1.29 is 0 Å². The lowest BCUT2D eigenvalue weighted by Crippen LogP contribution is -2.21. The van der Waals surface area contributed by atoms with Gasteiger partial charge >= 0.3 is 0 Å². The predicted octanol–water partition coefficient (Wildman–Crippen LogP) is 2.72. The third-order valence-electron chi connectivity index (χ3n) is 3.26. The molecule has 0 saturated carbocycles. The van der Waals surface area contributed by atoms with Gasteiger partial charge in [-0.1, -0.05) is 19.1 Å². The standard InChI is InChI=1S/C15H22N4/c1-4-14(15-16-9-10-17-15)18-11-12-5-7-13(8-6-12)19(2)3/h5-10,14,18H,4,11H2,1-3H3,(H,16,17). The van der Waals surface area contributed by atoms with Crippen LogP contribution in [0.1, 0.15) is 30.8 Å². The molecule has 0 fully saturated rings. The van der Waals surface area contributed by atoms with E-state index in [0.717, 1.165) is 18.8 Å². The van der Waals surface area contributed by atoms with Crippen LogP contribution in [-0.4, -0.2) is 24.1 Å². The zero-order chi connectivity index (χ0) is 13.7. The highest BCUT2D eigenvalue weighted by atomic mass is 15.1. The fraction of sp³-hybridized carbons (Fsp3) is 0.400. The first-order chi connectivity index (χ1) is 9.20. The van der Waals surface area contributed by atoms with Gasteiger partial charge < -0.3 is 15.2 Å². The van der Waals surface area contributed by atoms with Crippen molar-refractivity contribution >= 4 is 5.69 Å². The summed E-state index contributed by atoms with van der Waals surface area (Å²) in [6.07, 6.45) is 4.68. The lowest BCUT2D eigenvalue weighted by atomic mass is 10.1. The summed E-state index contributed by atoms with van der Waals surface area (Å²) >= 11 is 0. The average Bonchev–Trinajstić information content (AvgIpc) is 2.94. The predicted molar refractivity (Wildman–Crippen MR) is 79.2 cm³/mol. The number of anilines is 1. The highest BCUT2D eigenvalue weighted by molar-refractivity contribution is 5.45. The molecule has 1 heterocycles. The lowest BCUT2D eigenvalue weighted by molar-refractivity contribution is 0.498. The van der Waals surface area contributed by atoms with E-state index < -0.39 is 0 Å². The summed E-state index contributed by atoms with van der Waals surface area (Å²) in [6.45, 7) is 3.02. The smallest absolute Gasteiger partial charge is 0.123 e. The summed E-state index contributed by atoms with van der Waals surface area (Å²) in [5.74, 6) is 1.01. The van der Waals surface area contributed by atoms with Gasteiger partial charge in [0, 0.05) is 38.7 Å². The van der Waals surface area contributed by atoms with E-state index in [9.17, 15) is 0 Å². The molecule has 0 radical (unpaired) electrons. The van der Waals surface area contributed by atoms with Crippen molar-refractivity contribution in [3.63, 3.8) is 0 Å². The molecule has 1 aromatic carbocycles. The molecule has 1 unspecified atom stereocenters. The van der Waals surface area contributed by atoms with Crippen LogP contribution in [0.25, 0.3) is 0 Å². The number of imidazole rings is 1. The molecule has 2 rings (SSSR count). The fourth-order valence-electron chi connectivity index (χ4n) is 2.06. The SMILES string of the molecule is CCC(NCc1ccc(N(C)C)cc1)c1ncc[nH]1. The molecular weight excluding hydrogens is 236 g/mol. The lowest BCUT2D eigenvalue weighted by Gasteiger charge is -2.16. The minimum absolute atomic E-state index is 0.281. The van der Waals surface area contributed by atoms with Crippen LogP contribution in [0.4, 0.5) is 5.69 Å². The second kappa shape index (κ2) is 6.38. The van der Waals surface area contributed by atoms with Crippen molar-refractivity contribution in [3.8, 4) is 0 Å². The number of nitrogens with one attached hydrogen (secondary N) is 2. The van der Waals surface area contributed by atoms with Crippen molar-refractivity contribution in [2.24, 2.45) is 0 Å². The van der Waals surface area contributed by atoms with Gasteiger partial charge in [-0.25, -0.2) is 4.98 Å². The third-order valence-corrected chi connectivity index (χ3v) is 3.26. The molecular formula is C15H22N4. The van der Waals surface area contributed by atoms with Gasteiger partial charge in [0.1, 0.15) is 5.82 Å². The number of benzene rings is 1. The molecule has 19 heavy (non-hydrogen) atoms. The van der Waals surface area contributed by atoms with Crippen molar-refractivity contribution in [2.75, 3.05) is 19.0 Å². The van der Waals surface area contributed by atoms with Crippen molar-refractivity contribution in [3.05, 3.63) is 48.0 Å². The molecule has 0 aliphatic rings. The maximum Gasteiger partial charge on any atom is 0.123 e. The Hall–Kier alpha value is -1.81. The Morgan fingerprint density at radius 2 is 2.00 bits per heavy atom. The topological polar surface area (TPSA) is 44.0 Å². The normalized spacial score (nSPS) is 12.4. The fourth-order valence-corrected chi connectivity index (χ4v) is 2.06. The van der Waals surface area contributed by atoms with Gasteiger partial charge in [-0.3, -0.25) is 0 Å². The summed E-state index contributed by atoms with van der Waals surface area (Å²) in [6, 6.07) is 8.90. The maximum absolute atomic E-state index is 4.31. The van der Waals surface area contributed by atoms with Gasteiger partial charge in [-0.15, -0.1) is 0 Å². The number of aromatic amines is 1. The van der Waals surface area contributed by atoms with Gasteiger partial charge in [0.05, 0.1) is 6.04 Å². The van der Waals surface area contributed by atoms with E-state index in [1.807, 2.05) is 6.20 Å². The van der Waals surface area contributed by atoms with E-state index in [4.69, 9.17) is 0 Å². The van der Waals surface area contributed by atoms with Crippen LogP contribution < -0.4 is 10.2 Å². The quantitative estimate of drug-likeness (QED) is 0.837. The Morgan fingerprint density at radius 1 is 1.26 bits per heavy atom. The van der Waals surface area contributed by atoms with E-state index in [0.29, 0.717) is 0 Å². The van der Waals surface area contributed by atoms with Crippen LogP contribution >= 0.6 is 0 Å². The Balaban J connectivity index is 1.94. The van der Waals surface area contributed by atoms with Crippen LogP contribution in [0.2, 0.25) is 0 Å². The summed E-state index contributed by atoms with van der Waals surface area (Å²) in [4.78, 5) is 9.59. The van der Waals surface area contributed by atoms with Crippen LogP contribution in [-0.2, 0) is 6.54 Å². The van der Waals surface area contributed by atoms with E-state index in [2.05, 4.69) is 65.5 Å². The van der Waals surface area contributed by atoms with E-state index in [1.165, 1.54) is 11.3 Å². The van der Waals surface area contributed by atoms with Gasteiger partial charge in [0.25, 0.3) is 0 Å². The third kappa shape index (κ3) is 3.58. The summed E-state index contributed by atoms with van der Waals surface area (Å²) in [5, 5.41) is 3.53. The van der Waals surface area contributed by atoms with E-state index >= 15 is 0 Å². The van der Waals surface area contributed by atoms with Gasteiger partial charge in [-0.05, 0) is 24.1 Å². The molecule has 0 aliphatic heterocycles. The molecule has 102 valence electrons. The van der Waals surface area contributed by atoms with Crippen LogP contribution in [0.15, 0.2) is 36.7 Å². The Morgan fingerprint density at radius 3 is 2.53 bits per heavy atom. The number of hydrogen-bond donors (Lipinski definition) is 2.